The molecule has 0 saturated heterocycles. The van der Waals surface area contributed by atoms with Crippen LogP contribution in [0, 0.1) is 17.5 Å². The summed E-state index contributed by atoms with van der Waals surface area (Å²) < 4.78 is 39.9. The molecule has 5 nitrogen and oxygen atoms in total. The van der Waals surface area contributed by atoms with Crippen LogP contribution in [0.25, 0.3) is 0 Å². The molecule has 0 bridgehead atoms. The summed E-state index contributed by atoms with van der Waals surface area (Å²) >= 11 is 0. The molecule has 2 N–H and O–H groups in total. The average Bonchev–Trinajstić information content (AvgIpc) is 2.69. The van der Waals surface area contributed by atoms with Gasteiger partial charge in [-0.25, -0.2) is 18.2 Å². The van der Waals surface area contributed by atoms with Crippen molar-refractivity contribution in [1.29, 1.82) is 0 Å². The van der Waals surface area contributed by atoms with E-state index in [9.17, 15) is 22.8 Å². The summed E-state index contributed by atoms with van der Waals surface area (Å²) in [5, 5.41) is 5.20. The second-order valence-electron chi connectivity index (χ2n) is 5.87. The Morgan fingerprint density at radius 1 is 0.857 bits per heavy atom. The first-order valence-electron chi connectivity index (χ1n) is 8.14. The van der Waals surface area contributed by atoms with E-state index in [0.717, 1.165) is 12.1 Å². The zero-order chi connectivity index (χ0) is 20.3. The van der Waals surface area contributed by atoms with Crippen molar-refractivity contribution < 1.29 is 22.8 Å². The van der Waals surface area contributed by atoms with Gasteiger partial charge in [0.05, 0.1) is 17.6 Å². The van der Waals surface area contributed by atoms with E-state index in [2.05, 4.69) is 15.6 Å². The lowest BCUT2D eigenvalue weighted by molar-refractivity contribution is 0.101. The smallest absolute Gasteiger partial charge is 0.274 e. The van der Waals surface area contributed by atoms with Crippen LogP contribution in [0.5, 0.6) is 0 Å². The average molecular weight is 385 g/mol. The number of aromatic nitrogens is 1. The van der Waals surface area contributed by atoms with Gasteiger partial charge in [0.2, 0.25) is 0 Å². The Balaban J connectivity index is 1.69. The molecule has 0 atom stereocenters. The lowest BCUT2D eigenvalue weighted by atomic mass is 10.1. The van der Waals surface area contributed by atoms with Crippen LogP contribution in [0.3, 0.4) is 0 Å². The minimum atomic E-state index is -1.58. The van der Waals surface area contributed by atoms with Gasteiger partial charge < -0.3 is 10.6 Å². The van der Waals surface area contributed by atoms with Crippen molar-refractivity contribution in [3.63, 3.8) is 0 Å². The summed E-state index contributed by atoms with van der Waals surface area (Å²) in [6, 6.07) is 11.1. The number of rotatable bonds is 5. The molecule has 142 valence electrons. The van der Waals surface area contributed by atoms with Crippen LogP contribution < -0.4 is 10.6 Å². The Hall–Kier alpha value is -3.68. The molecular formula is C20H14F3N3O2. The Morgan fingerprint density at radius 3 is 2.14 bits per heavy atom. The highest BCUT2D eigenvalue weighted by Gasteiger charge is 2.14. The number of Topliss-reactive ketones (excluding diaryl/α,β-unsaturated/α-hetero) is 1. The predicted octanol–water partition coefficient (Wildman–Crippen LogP) is 4.70. The van der Waals surface area contributed by atoms with Gasteiger partial charge in [-0.2, -0.15) is 0 Å². The number of carbonyl (C=O) groups excluding carboxylic acids is 2. The van der Waals surface area contributed by atoms with Crippen LogP contribution in [-0.4, -0.2) is 16.7 Å². The van der Waals surface area contributed by atoms with Gasteiger partial charge in [0.1, 0.15) is 5.69 Å². The molecule has 1 heterocycles. The highest BCUT2D eigenvalue weighted by molar-refractivity contribution is 6.03. The number of benzene rings is 2. The van der Waals surface area contributed by atoms with Crippen molar-refractivity contribution >= 4 is 28.8 Å². The maximum absolute atomic E-state index is 13.7. The summed E-state index contributed by atoms with van der Waals surface area (Å²) in [6.07, 6.45) is 1.26. The van der Waals surface area contributed by atoms with Crippen molar-refractivity contribution in [3.05, 3.63) is 83.4 Å². The maximum atomic E-state index is 13.7. The van der Waals surface area contributed by atoms with Gasteiger partial charge in [-0.3, -0.25) is 9.59 Å². The number of ketones is 1. The fraction of sp³-hybridized carbons (Fsp3) is 0.0500. The van der Waals surface area contributed by atoms with Gasteiger partial charge in [0, 0.05) is 11.3 Å². The van der Waals surface area contributed by atoms with Gasteiger partial charge in [0.25, 0.3) is 5.91 Å². The molecule has 0 radical (unpaired) electrons. The predicted molar refractivity (Wildman–Crippen MR) is 98.2 cm³/mol. The molecule has 0 fully saturated rings. The van der Waals surface area contributed by atoms with Crippen LogP contribution in [0.15, 0.2) is 54.7 Å². The van der Waals surface area contributed by atoms with Gasteiger partial charge >= 0.3 is 0 Å². The third-order valence-corrected chi connectivity index (χ3v) is 3.86. The number of pyridine rings is 1. The van der Waals surface area contributed by atoms with Gasteiger partial charge in [-0.1, -0.05) is 0 Å². The SMILES string of the molecule is CC(=O)c1ccc(NC(=O)c2ccc(Nc3ccc(F)c(F)c3F)cn2)cc1. The largest absolute Gasteiger partial charge is 0.352 e. The first-order valence-corrected chi connectivity index (χ1v) is 8.14. The maximum Gasteiger partial charge on any atom is 0.274 e. The number of hydrogen-bond donors (Lipinski definition) is 2. The van der Waals surface area contributed by atoms with E-state index in [0.29, 0.717) is 11.3 Å². The molecule has 2 aromatic carbocycles. The Morgan fingerprint density at radius 2 is 1.54 bits per heavy atom. The second-order valence-corrected chi connectivity index (χ2v) is 5.87. The molecule has 0 aliphatic carbocycles. The van der Waals surface area contributed by atoms with Crippen LogP contribution in [0.4, 0.5) is 30.2 Å². The normalized spacial score (nSPS) is 10.4. The third-order valence-electron chi connectivity index (χ3n) is 3.86. The first kappa shape index (κ1) is 19.1. The van der Waals surface area contributed by atoms with E-state index in [1.54, 1.807) is 24.3 Å². The monoisotopic (exact) mass is 385 g/mol. The van der Waals surface area contributed by atoms with Crippen LogP contribution in [-0.2, 0) is 0 Å². The van der Waals surface area contributed by atoms with E-state index in [-0.39, 0.29) is 22.9 Å². The number of nitrogens with zero attached hydrogens (tertiary/aromatic N) is 1. The lowest BCUT2D eigenvalue weighted by Crippen LogP contribution is -2.13. The lowest BCUT2D eigenvalue weighted by Gasteiger charge is -2.09. The van der Waals surface area contributed by atoms with Crippen molar-refractivity contribution in [1.82, 2.24) is 4.98 Å². The van der Waals surface area contributed by atoms with E-state index < -0.39 is 23.4 Å². The zero-order valence-corrected chi connectivity index (χ0v) is 14.6. The standard InChI is InChI=1S/C20H14F3N3O2/c1-11(27)12-2-4-13(5-3-12)26-20(28)17-8-6-14(10-24-17)25-16-9-7-15(21)18(22)19(16)23/h2-10,25H,1H3,(H,26,28). The highest BCUT2D eigenvalue weighted by Crippen LogP contribution is 2.23. The van der Waals surface area contributed by atoms with E-state index in [1.807, 2.05) is 0 Å². The number of nitrogens with one attached hydrogen (secondary N) is 2. The van der Waals surface area contributed by atoms with Crippen molar-refractivity contribution in [2.45, 2.75) is 6.92 Å². The van der Waals surface area contributed by atoms with Crippen molar-refractivity contribution in [3.8, 4) is 0 Å². The van der Waals surface area contributed by atoms with E-state index >= 15 is 0 Å². The van der Waals surface area contributed by atoms with Crippen molar-refractivity contribution in [2.24, 2.45) is 0 Å². The van der Waals surface area contributed by atoms with E-state index in [4.69, 9.17) is 0 Å². The summed E-state index contributed by atoms with van der Waals surface area (Å²) in [7, 11) is 0. The molecule has 3 rings (SSSR count). The van der Waals surface area contributed by atoms with Crippen LogP contribution in [0.1, 0.15) is 27.8 Å². The van der Waals surface area contributed by atoms with Gasteiger partial charge in [-0.15, -0.1) is 0 Å². The molecule has 1 amide bonds. The fourth-order valence-electron chi connectivity index (χ4n) is 2.36. The molecule has 0 aliphatic rings. The molecule has 0 spiro atoms. The van der Waals surface area contributed by atoms with E-state index in [1.165, 1.54) is 25.3 Å². The molecule has 0 aliphatic heterocycles. The zero-order valence-electron chi connectivity index (χ0n) is 14.6. The molecule has 3 aromatic rings. The summed E-state index contributed by atoms with van der Waals surface area (Å²) in [6.45, 7) is 1.44. The molecule has 1 aromatic heterocycles. The van der Waals surface area contributed by atoms with Crippen molar-refractivity contribution in [2.75, 3.05) is 10.6 Å². The first-order chi connectivity index (χ1) is 13.3. The molecule has 8 heteroatoms. The quantitative estimate of drug-likeness (QED) is 0.493. The fourth-order valence-corrected chi connectivity index (χ4v) is 2.36. The topological polar surface area (TPSA) is 71.1 Å². The van der Waals surface area contributed by atoms with Crippen LogP contribution in [0.2, 0.25) is 0 Å². The Kier molecular flexibility index (Phi) is 5.39. The molecule has 0 unspecified atom stereocenters. The van der Waals surface area contributed by atoms with Crippen LogP contribution >= 0.6 is 0 Å². The Bertz CT molecular complexity index is 1040. The molecule has 28 heavy (non-hydrogen) atoms. The minimum Gasteiger partial charge on any atom is -0.352 e. The highest BCUT2D eigenvalue weighted by atomic mass is 19.2. The Labute approximate surface area is 158 Å². The van der Waals surface area contributed by atoms with Gasteiger partial charge in [0.15, 0.2) is 23.2 Å². The number of hydrogen-bond acceptors (Lipinski definition) is 4. The molecule has 0 saturated carbocycles. The number of halogens is 3. The minimum absolute atomic E-state index is 0.0832. The number of amides is 1. The van der Waals surface area contributed by atoms with Gasteiger partial charge in [-0.05, 0) is 55.5 Å². The number of carbonyl (C=O) groups is 2. The number of anilines is 3. The third kappa shape index (κ3) is 4.17. The summed E-state index contributed by atoms with van der Waals surface area (Å²) in [4.78, 5) is 27.4. The second kappa shape index (κ2) is 7.91. The summed E-state index contributed by atoms with van der Waals surface area (Å²) in [5.41, 5.74) is 1.13. The molecular weight excluding hydrogens is 371 g/mol. The summed E-state index contributed by atoms with van der Waals surface area (Å²) in [5.74, 6) is -4.79.